The largest absolute Gasteiger partial charge is 0.379 e. The molecule has 0 amide bonds. The SMILES string of the molecule is CC1=C(NCI)CC=C(I)C=C1. The van der Waals surface area contributed by atoms with Crippen molar-refractivity contribution in [3.05, 3.63) is 33.1 Å². The van der Waals surface area contributed by atoms with Crippen LogP contribution in [0.5, 0.6) is 0 Å². The predicted molar refractivity (Wildman–Crippen MR) is 70.6 cm³/mol. The molecule has 0 aliphatic heterocycles. The number of nitrogens with one attached hydrogen (secondary N) is 1. The van der Waals surface area contributed by atoms with Crippen molar-refractivity contribution in [2.45, 2.75) is 13.3 Å². The lowest BCUT2D eigenvalue weighted by atomic mass is 10.2. The third-order valence-corrected chi connectivity index (χ3v) is 2.93. The first-order valence-electron chi connectivity index (χ1n) is 3.77. The van der Waals surface area contributed by atoms with Crippen molar-refractivity contribution in [2.24, 2.45) is 0 Å². The van der Waals surface area contributed by atoms with Crippen LogP contribution >= 0.6 is 45.2 Å². The minimum absolute atomic E-state index is 0.975. The van der Waals surface area contributed by atoms with Gasteiger partial charge in [0.1, 0.15) is 0 Å². The van der Waals surface area contributed by atoms with E-state index in [4.69, 9.17) is 0 Å². The molecule has 0 radical (unpaired) electrons. The lowest BCUT2D eigenvalue weighted by Crippen LogP contribution is -2.10. The first-order valence-corrected chi connectivity index (χ1v) is 6.38. The highest BCUT2D eigenvalue weighted by Gasteiger charge is 2.01. The quantitative estimate of drug-likeness (QED) is 0.435. The fraction of sp³-hybridized carbons (Fsp3) is 0.333. The van der Waals surface area contributed by atoms with Crippen molar-refractivity contribution in [3.8, 4) is 0 Å². The predicted octanol–water partition coefficient (Wildman–Crippen LogP) is 3.52. The molecule has 0 bridgehead atoms. The smallest absolute Gasteiger partial charge is 0.0667 e. The van der Waals surface area contributed by atoms with Crippen LogP contribution in [0.4, 0.5) is 0 Å². The van der Waals surface area contributed by atoms with Gasteiger partial charge in [-0.25, -0.2) is 0 Å². The van der Waals surface area contributed by atoms with Gasteiger partial charge in [-0.2, -0.15) is 0 Å². The maximum Gasteiger partial charge on any atom is 0.0667 e. The lowest BCUT2D eigenvalue weighted by molar-refractivity contribution is 0.912. The van der Waals surface area contributed by atoms with Gasteiger partial charge in [-0.3, -0.25) is 0 Å². The molecule has 1 aliphatic carbocycles. The highest BCUT2D eigenvalue weighted by Crippen LogP contribution is 2.19. The van der Waals surface area contributed by atoms with Gasteiger partial charge in [-0.05, 0) is 41.2 Å². The fourth-order valence-electron chi connectivity index (χ4n) is 1.03. The van der Waals surface area contributed by atoms with Gasteiger partial charge < -0.3 is 5.32 Å². The van der Waals surface area contributed by atoms with Crippen molar-refractivity contribution < 1.29 is 0 Å². The fourth-order valence-corrected chi connectivity index (χ4v) is 1.89. The summed E-state index contributed by atoms with van der Waals surface area (Å²) in [5.41, 5.74) is 2.68. The Bertz CT molecular complexity index is 251. The number of hydrogen-bond donors (Lipinski definition) is 1. The zero-order valence-electron chi connectivity index (χ0n) is 6.90. The number of rotatable bonds is 2. The summed E-state index contributed by atoms with van der Waals surface area (Å²) in [5, 5.41) is 3.36. The second kappa shape index (κ2) is 5.26. The molecule has 1 nitrogen and oxygen atoms in total. The Morgan fingerprint density at radius 1 is 1.50 bits per heavy atom. The normalized spacial score (nSPS) is 17.4. The third-order valence-electron chi connectivity index (χ3n) is 1.75. The van der Waals surface area contributed by atoms with Crippen LogP contribution in [0.15, 0.2) is 33.1 Å². The maximum atomic E-state index is 3.36. The van der Waals surface area contributed by atoms with E-state index in [9.17, 15) is 0 Å². The van der Waals surface area contributed by atoms with Crippen LogP contribution in [0.2, 0.25) is 0 Å². The Kier molecular flexibility index (Phi) is 4.63. The maximum absolute atomic E-state index is 3.36. The van der Waals surface area contributed by atoms with Crippen LogP contribution in [0.3, 0.4) is 0 Å². The minimum atomic E-state index is 0.975. The summed E-state index contributed by atoms with van der Waals surface area (Å²) in [6.07, 6.45) is 7.58. The topological polar surface area (TPSA) is 12.0 Å². The second-order valence-corrected chi connectivity index (χ2v) is 4.61. The number of alkyl halides is 1. The van der Waals surface area contributed by atoms with E-state index in [1.165, 1.54) is 14.8 Å². The van der Waals surface area contributed by atoms with E-state index in [0.717, 1.165) is 11.0 Å². The molecule has 0 aromatic heterocycles. The van der Waals surface area contributed by atoms with Crippen molar-refractivity contribution in [1.29, 1.82) is 0 Å². The van der Waals surface area contributed by atoms with Crippen molar-refractivity contribution in [1.82, 2.24) is 5.32 Å². The molecule has 0 heterocycles. The molecule has 1 aliphatic rings. The molecule has 0 unspecified atom stereocenters. The van der Waals surface area contributed by atoms with E-state index in [2.05, 4.69) is 75.7 Å². The van der Waals surface area contributed by atoms with Gasteiger partial charge in [0, 0.05) is 15.7 Å². The average Bonchev–Trinajstić information content (AvgIpc) is 2.20. The Morgan fingerprint density at radius 3 is 2.92 bits per heavy atom. The molecule has 0 aromatic carbocycles. The molecule has 0 saturated carbocycles. The molecule has 1 rings (SSSR count). The summed E-state index contributed by atoms with van der Waals surface area (Å²) in [6, 6.07) is 0. The van der Waals surface area contributed by atoms with Gasteiger partial charge in [-0.1, -0.05) is 34.7 Å². The first kappa shape index (κ1) is 10.6. The Morgan fingerprint density at radius 2 is 2.25 bits per heavy atom. The lowest BCUT2D eigenvalue weighted by Gasteiger charge is -2.07. The average molecular weight is 387 g/mol. The summed E-state index contributed by atoms with van der Waals surface area (Å²) in [5.74, 6) is 0. The van der Waals surface area contributed by atoms with Crippen LogP contribution in [0, 0.1) is 0 Å². The van der Waals surface area contributed by atoms with Crippen molar-refractivity contribution in [2.75, 3.05) is 4.55 Å². The molecule has 0 saturated heterocycles. The second-order valence-electron chi connectivity index (χ2n) is 2.60. The number of hydrogen-bond acceptors (Lipinski definition) is 1. The molecule has 0 fully saturated rings. The minimum Gasteiger partial charge on any atom is -0.379 e. The third kappa shape index (κ3) is 3.08. The summed E-state index contributed by atoms with van der Waals surface area (Å²) >= 11 is 4.67. The van der Waals surface area contributed by atoms with Gasteiger partial charge in [0.15, 0.2) is 0 Å². The summed E-state index contributed by atoms with van der Waals surface area (Å²) < 4.78 is 2.29. The summed E-state index contributed by atoms with van der Waals surface area (Å²) in [7, 11) is 0. The van der Waals surface area contributed by atoms with Crippen LogP contribution < -0.4 is 5.32 Å². The van der Waals surface area contributed by atoms with Gasteiger partial charge in [0.2, 0.25) is 0 Å². The van der Waals surface area contributed by atoms with Crippen molar-refractivity contribution in [3.63, 3.8) is 0 Å². The molecule has 0 atom stereocenters. The van der Waals surface area contributed by atoms with Crippen molar-refractivity contribution >= 4 is 45.2 Å². The van der Waals surface area contributed by atoms with Gasteiger partial charge in [0.25, 0.3) is 0 Å². The molecule has 12 heavy (non-hydrogen) atoms. The van der Waals surface area contributed by atoms with E-state index in [1.54, 1.807) is 0 Å². The Labute approximate surface area is 101 Å². The Hall–Kier alpha value is 0.480. The van der Waals surface area contributed by atoms with Crippen LogP contribution in [0.1, 0.15) is 13.3 Å². The standard InChI is InChI=1S/C9H11I2N/c1-7-2-3-8(11)4-5-9(7)12-6-10/h2-4,12H,5-6H2,1H3. The number of allylic oxidation sites excluding steroid dienone is 5. The molecule has 3 heteroatoms. The monoisotopic (exact) mass is 387 g/mol. The zero-order valence-corrected chi connectivity index (χ0v) is 11.2. The highest BCUT2D eigenvalue weighted by atomic mass is 127. The van der Waals surface area contributed by atoms with Crippen LogP contribution in [-0.4, -0.2) is 4.55 Å². The van der Waals surface area contributed by atoms with Crippen LogP contribution in [-0.2, 0) is 0 Å². The molecule has 0 aromatic rings. The first-order chi connectivity index (χ1) is 5.74. The molecular weight excluding hydrogens is 376 g/mol. The van der Waals surface area contributed by atoms with E-state index in [-0.39, 0.29) is 0 Å². The van der Waals surface area contributed by atoms with Gasteiger partial charge >= 0.3 is 0 Å². The highest BCUT2D eigenvalue weighted by molar-refractivity contribution is 14.1. The van der Waals surface area contributed by atoms with Gasteiger partial charge in [-0.15, -0.1) is 0 Å². The summed E-state index contributed by atoms with van der Waals surface area (Å²) in [6.45, 7) is 2.15. The Balaban J connectivity index is 2.78. The molecule has 66 valence electrons. The van der Waals surface area contributed by atoms with Crippen LogP contribution in [0.25, 0.3) is 0 Å². The van der Waals surface area contributed by atoms with E-state index in [0.29, 0.717) is 0 Å². The van der Waals surface area contributed by atoms with E-state index < -0.39 is 0 Å². The number of halogens is 2. The summed E-state index contributed by atoms with van der Waals surface area (Å²) in [4.78, 5) is 0. The van der Waals surface area contributed by atoms with E-state index in [1.807, 2.05) is 0 Å². The van der Waals surface area contributed by atoms with Gasteiger partial charge in [0.05, 0.1) is 4.55 Å². The zero-order chi connectivity index (χ0) is 8.97. The molecule has 0 spiro atoms. The molecule has 1 N–H and O–H groups in total. The molecular formula is C9H11I2N. The van der Waals surface area contributed by atoms with E-state index >= 15 is 0 Å².